The zero-order valence-corrected chi connectivity index (χ0v) is 24.0. The lowest BCUT2D eigenvalue weighted by Crippen LogP contribution is -2.15. The summed E-state index contributed by atoms with van der Waals surface area (Å²) in [5.41, 5.74) is 0.332. The number of nitro benzene ring substituents is 2. The average molecular weight is 635 g/mol. The van der Waals surface area contributed by atoms with E-state index in [1.165, 1.54) is 115 Å². The minimum Gasteiger partial charge on any atom is -0.478 e. The second kappa shape index (κ2) is 13.7. The monoisotopic (exact) mass is 634 g/mol. The maximum absolute atomic E-state index is 12.9. The van der Waals surface area contributed by atoms with Crippen molar-refractivity contribution in [1.29, 1.82) is 0 Å². The number of hydrogen-bond acceptors (Lipinski definition) is 9. The fourth-order valence-corrected chi connectivity index (χ4v) is 4.19. The van der Waals surface area contributed by atoms with Gasteiger partial charge in [0.2, 0.25) is 0 Å². The van der Waals surface area contributed by atoms with Crippen LogP contribution in [0, 0.1) is 20.2 Å². The van der Waals surface area contributed by atoms with E-state index in [-0.39, 0.29) is 39.4 Å². The van der Waals surface area contributed by atoms with E-state index < -0.39 is 27.6 Å². The third-order valence-corrected chi connectivity index (χ3v) is 6.50. The van der Waals surface area contributed by atoms with Crippen molar-refractivity contribution in [3.8, 4) is 23.0 Å². The maximum atomic E-state index is 12.9. The second-order valence-electron chi connectivity index (χ2n) is 9.77. The van der Waals surface area contributed by atoms with Gasteiger partial charge in [0, 0.05) is 46.8 Å². The summed E-state index contributed by atoms with van der Waals surface area (Å²) in [6, 6.07) is 26.9. The summed E-state index contributed by atoms with van der Waals surface area (Å²) in [7, 11) is 0. The fourth-order valence-electron chi connectivity index (χ4n) is 4.19. The normalized spacial score (nSPS) is 10.4. The third-order valence-electron chi connectivity index (χ3n) is 6.50. The number of amides is 2. The number of carboxylic acids is 1. The Labute approximate surface area is 265 Å². The van der Waals surface area contributed by atoms with Gasteiger partial charge in [-0.05, 0) is 91.0 Å². The van der Waals surface area contributed by atoms with Gasteiger partial charge in [0.05, 0.1) is 15.4 Å². The summed E-state index contributed by atoms with van der Waals surface area (Å²) in [6.45, 7) is 0. The van der Waals surface area contributed by atoms with Crippen LogP contribution < -0.4 is 20.1 Å². The standard InChI is InChI=1S/C33H22N4O10/c38-31(20-1-9-27(10-2-20)46-29-13-5-25(6-14-29)36(42)43)34-23-17-22(33(40)41)18-24(19-23)35-32(39)21-3-11-28(12-4-21)47-30-15-7-26(8-16-30)37(44)45/h1-19H,(H,34,38)(H,35,39)(H,40,41). The zero-order valence-electron chi connectivity index (χ0n) is 24.0. The van der Waals surface area contributed by atoms with E-state index in [0.29, 0.717) is 23.0 Å². The maximum Gasteiger partial charge on any atom is 0.335 e. The van der Waals surface area contributed by atoms with Crippen LogP contribution in [0.2, 0.25) is 0 Å². The molecule has 0 aromatic heterocycles. The number of rotatable bonds is 11. The van der Waals surface area contributed by atoms with E-state index in [0.717, 1.165) is 0 Å². The minimum atomic E-state index is -1.28. The first kappa shape index (κ1) is 31.3. The summed E-state index contributed by atoms with van der Waals surface area (Å²) in [6.07, 6.45) is 0. The van der Waals surface area contributed by atoms with Crippen LogP contribution in [0.1, 0.15) is 31.1 Å². The molecule has 14 heteroatoms. The number of anilines is 2. The summed E-state index contributed by atoms with van der Waals surface area (Å²) in [5.74, 6) is -0.931. The molecule has 47 heavy (non-hydrogen) atoms. The van der Waals surface area contributed by atoms with Crippen LogP contribution in [0.5, 0.6) is 23.0 Å². The van der Waals surface area contributed by atoms with E-state index in [2.05, 4.69) is 10.6 Å². The highest BCUT2D eigenvalue weighted by molar-refractivity contribution is 6.07. The number of nitro groups is 2. The summed E-state index contributed by atoms with van der Waals surface area (Å²) >= 11 is 0. The molecule has 3 N–H and O–H groups in total. The van der Waals surface area contributed by atoms with Gasteiger partial charge in [-0.15, -0.1) is 0 Å². The summed E-state index contributed by atoms with van der Waals surface area (Å²) in [4.78, 5) is 58.2. The Bertz CT molecular complexity index is 1840. The predicted molar refractivity (Wildman–Crippen MR) is 169 cm³/mol. The molecule has 0 atom stereocenters. The topological polar surface area (TPSA) is 200 Å². The number of carbonyl (C=O) groups is 3. The molecule has 5 aromatic carbocycles. The molecule has 0 radical (unpaired) electrons. The van der Waals surface area contributed by atoms with E-state index in [4.69, 9.17) is 9.47 Å². The molecule has 0 spiro atoms. The van der Waals surface area contributed by atoms with Crippen LogP contribution >= 0.6 is 0 Å². The van der Waals surface area contributed by atoms with Gasteiger partial charge in [-0.25, -0.2) is 4.79 Å². The van der Waals surface area contributed by atoms with Crippen molar-refractivity contribution in [2.45, 2.75) is 0 Å². The van der Waals surface area contributed by atoms with Crippen molar-refractivity contribution >= 4 is 40.5 Å². The third kappa shape index (κ3) is 8.10. The van der Waals surface area contributed by atoms with E-state index in [9.17, 15) is 39.7 Å². The Morgan fingerprint density at radius 1 is 0.511 bits per heavy atom. The fraction of sp³-hybridized carbons (Fsp3) is 0. The van der Waals surface area contributed by atoms with Crippen molar-refractivity contribution in [2.24, 2.45) is 0 Å². The molecule has 0 saturated heterocycles. The first-order chi connectivity index (χ1) is 22.5. The highest BCUT2D eigenvalue weighted by Crippen LogP contribution is 2.27. The van der Waals surface area contributed by atoms with Crippen LogP contribution in [0.3, 0.4) is 0 Å². The predicted octanol–water partition coefficient (Wildman–Crippen LogP) is 7.29. The summed E-state index contributed by atoms with van der Waals surface area (Å²) < 4.78 is 11.3. The van der Waals surface area contributed by atoms with Crippen molar-refractivity contribution in [3.63, 3.8) is 0 Å². The molecule has 5 rings (SSSR count). The smallest absolute Gasteiger partial charge is 0.335 e. The van der Waals surface area contributed by atoms with Gasteiger partial charge >= 0.3 is 5.97 Å². The Morgan fingerprint density at radius 3 is 1.13 bits per heavy atom. The Hall–Kier alpha value is -7.09. The van der Waals surface area contributed by atoms with Gasteiger partial charge in [-0.1, -0.05) is 0 Å². The largest absolute Gasteiger partial charge is 0.478 e. The van der Waals surface area contributed by atoms with Crippen LogP contribution in [-0.4, -0.2) is 32.7 Å². The number of hydrogen-bond donors (Lipinski definition) is 3. The molecule has 0 aliphatic rings. The molecule has 0 heterocycles. The minimum absolute atomic E-state index is 0.0819. The summed E-state index contributed by atoms with van der Waals surface area (Å²) in [5, 5.41) is 36.5. The zero-order chi connectivity index (χ0) is 33.5. The highest BCUT2D eigenvalue weighted by atomic mass is 16.6. The molecule has 0 fully saturated rings. The second-order valence-corrected chi connectivity index (χ2v) is 9.77. The lowest BCUT2D eigenvalue weighted by molar-refractivity contribution is -0.385. The molecule has 0 bridgehead atoms. The van der Waals surface area contributed by atoms with Gasteiger partial charge in [0.1, 0.15) is 23.0 Å². The molecule has 2 amide bonds. The van der Waals surface area contributed by atoms with Crippen LogP contribution in [0.15, 0.2) is 115 Å². The number of nitrogens with zero attached hydrogens (tertiary/aromatic N) is 2. The van der Waals surface area contributed by atoms with Gasteiger partial charge < -0.3 is 25.2 Å². The van der Waals surface area contributed by atoms with E-state index in [1.54, 1.807) is 0 Å². The quantitative estimate of drug-likeness (QED) is 0.0978. The number of carbonyl (C=O) groups excluding carboxylic acids is 2. The SMILES string of the molecule is O=C(O)c1cc(NC(=O)c2ccc(Oc3ccc([N+](=O)[O-])cc3)cc2)cc(NC(=O)c2ccc(Oc3ccc([N+](=O)[O-])cc3)cc2)c1. The number of nitrogens with one attached hydrogen (secondary N) is 2. The molecular weight excluding hydrogens is 612 g/mol. The Balaban J connectivity index is 1.23. The molecule has 0 unspecified atom stereocenters. The number of ether oxygens (including phenoxy) is 2. The van der Waals surface area contributed by atoms with Crippen molar-refractivity contribution in [1.82, 2.24) is 0 Å². The Morgan fingerprint density at radius 2 is 0.830 bits per heavy atom. The molecule has 5 aromatic rings. The van der Waals surface area contributed by atoms with Gasteiger partial charge in [-0.3, -0.25) is 29.8 Å². The number of aromatic carboxylic acids is 1. The average Bonchev–Trinajstić information content (AvgIpc) is 3.05. The number of carboxylic acid groups (broad SMARTS) is 1. The van der Waals surface area contributed by atoms with Gasteiger partial charge in [0.15, 0.2) is 0 Å². The van der Waals surface area contributed by atoms with Crippen LogP contribution in [-0.2, 0) is 0 Å². The molecule has 0 aliphatic carbocycles. The molecule has 14 nitrogen and oxygen atoms in total. The highest BCUT2D eigenvalue weighted by Gasteiger charge is 2.14. The first-order valence-electron chi connectivity index (χ1n) is 13.6. The van der Waals surface area contributed by atoms with Crippen LogP contribution in [0.25, 0.3) is 0 Å². The van der Waals surface area contributed by atoms with E-state index in [1.807, 2.05) is 0 Å². The van der Waals surface area contributed by atoms with E-state index >= 15 is 0 Å². The molecular formula is C33H22N4O10. The molecule has 234 valence electrons. The van der Waals surface area contributed by atoms with Gasteiger partial charge in [0.25, 0.3) is 23.2 Å². The molecule has 0 saturated carbocycles. The Kier molecular flexibility index (Phi) is 9.13. The van der Waals surface area contributed by atoms with Crippen molar-refractivity contribution < 1.29 is 38.8 Å². The number of benzene rings is 5. The molecule has 0 aliphatic heterocycles. The lowest BCUT2D eigenvalue weighted by atomic mass is 10.1. The van der Waals surface area contributed by atoms with Gasteiger partial charge in [-0.2, -0.15) is 0 Å². The van der Waals surface area contributed by atoms with Crippen molar-refractivity contribution in [2.75, 3.05) is 10.6 Å². The van der Waals surface area contributed by atoms with Crippen LogP contribution in [0.4, 0.5) is 22.7 Å². The number of non-ortho nitro benzene ring substituents is 2. The first-order valence-corrected chi connectivity index (χ1v) is 13.6. The lowest BCUT2D eigenvalue weighted by Gasteiger charge is -2.12. The van der Waals surface area contributed by atoms with Crippen molar-refractivity contribution in [3.05, 3.63) is 152 Å².